The molecule has 0 saturated carbocycles. The fourth-order valence-electron chi connectivity index (χ4n) is 4.15. The summed E-state index contributed by atoms with van der Waals surface area (Å²) in [5.74, 6) is -0.700. The molecule has 0 aliphatic heterocycles. The molecule has 0 aliphatic carbocycles. The van der Waals surface area contributed by atoms with E-state index in [1.54, 1.807) is 25.1 Å². The number of oxime groups is 1. The second kappa shape index (κ2) is 9.30. The maximum Gasteiger partial charge on any atom is 0.417 e. The topological polar surface area (TPSA) is 63.8 Å². The van der Waals surface area contributed by atoms with E-state index in [9.17, 15) is 23.2 Å². The Labute approximate surface area is 194 Å². The molecule has 8 heteroatoms. The molecule has 0 bridgehead atoms. The molecule has 1 heterocycles. The van der Waals surface area contributed by atoms with E-state index < -0.39 is 23.1 Å². The van der Waals surface area contributed by atoms with E-state index in [2.05, 4.69) is 5.16 Å². The minimum Gasteiger partial charge on any atom is -0.411 e. The molecule has 4 aromatic rings. The standard InChI is InChI=1S/C26H23F3N2O3/c1-3-34-13-12-31-23-10-8-17(16(2)30-33)14-20(23)21-15-18(9-11-24(21)31)25(32)19-6-4-5-7-22(19)26(27,28)29/h4-11,14-15,33H,3,12-13H2,1-2H3. The van der Waals surface area contributed by atoms with Crippen molar-refractivity contribution in [2.24, 2.45) is 5.16 Å². The normalized spacial score (nSPS) is 12.6. The molecule has 3 aromatic carbocycles. The van der Waals surface area contributed by atoms with Gasteiger partial charge in [0.05, 0.1) is 17.9 Å². The highest BCUT2D eigenvalue weighted by Gasteiger charge is 2.35. The van der Waals surface area contributed by atoms with Crippen LogP contribution in [-0.4, -0.2) is 34.5 Å². The SMILES string of the molecule is CCOCCn1c2ccc(C(=O)c3ccccc3C(F)(F)F)cc2c2cc(C(C)=NO)ccc21. The Bertz CT molecular complexity index is 1400. The Kier molecular flexibility index (Phi) is 6.43. The van der Waals surface area contributed by atoms with Gasteiger partial charge in [-0.15, -0.1) is 0 Å². The molecule has 5 nitrogen and oxygen atoms in total. The number of ketones is 1. The van der Waals surface area contributed by atoms with Gasteiger partial charge in [-0.1, -0.05) is 29.4 Å². The van der Waals surface area contributed by atoms with Crippen molar-refractivity contribution < 1.29 is 27.9 Å². The summed E-state index contributed by atoms with van der Waals surface area (Å²) in [4.78, 5) is 13.2. The number of carbonyl (C=O) groups excluding carboxylic acids is 1. The van der Waals surface area contributed by atoms with E-state index in [-0.39, 0.29) is 5.56 Å². The minimum absolute atomic E-state index is 0.158. The number of rotatable bonds is 7. The zero-order valence-electron chi connectivity index (χ0n) is 18.7. The van der Waals surface area contributed by atoms with E-state index >= 15 is 0 Å². The molecule has 1 aromatic heterocycles. The van der Waals surface area contributed by atoms with Crippen molar-refractivity contribution >= 4 is 33.3 Å². The number of nitrogens with zero attached hydrogens (tertiary/aromatic N) is 2. The third kappa shape index (κ3) is 4.28. The van der Waals surface area contributed by atoms with Gasteiger partial charge in [0, 0.05) is 46.1 Å². The highest BCUT2D eigenvalue weighted by molar-refractivity contribution is 6.16. The molecule has 176 valence electrons. The van der Waals surface area contributed by atoms with Crippen molar-refractivity contribution in [1.29, 1.82) is 0 Å². The number of aromatic nitrogens is 1. The zero-order chi connectivity index (χ0) is 24.5. The van der Waals surface area contributed by atoms with Crippen LogP contribution in [0.5, 0.6) is 0 Å². The van der Waals surface area contributed by atoms with Gasteiger partial charge in [0.1, 0.15) is 0 Å². The van der Waals surface area contributed by atoms with Crippen LogP contribution in [0.15, 0.2) is 65.8 Å². The molecular weight excluding hydrogens is 445 g/mol. The number of fused-ring (bicyclic) bond motifs is 3. The fraction of sp³-hybridized carbons (Fsp3) is 0.231. The molecular formula is C26H23F3N2O3. The maximum atomic E-state index is 13.5. The Morgan fingerprint density at radius 1 is 1.00 bits per heavy atom. The molecule has 0 amide bonds. The lowest BCUT2D eigenvalue weighted by molar-refractivity contribution is -0.137. The summed E-state index contributed by atoms with van der Waals surface area (Å²) in [6.07, 6.45) is -4.64. The molecule has 4 rings (SSSR count). The molecule has 34 heavy (non-hydrogen) atoms. The highest BCUT2D eigenvalue weighted by Crippen LogP contribution is 2.35. The first-order valence-corrected chi connectivity index (χ1v) is 10.8. The number of halogens is 3. The fourth-order valence-corrected chi connectivity index (χ4v) is 4.15. The van der Waals surface area contributed by atoms with Crippen molar-refractivity contribution in [2.45, 2.75) is 26.6 Å². The van der Waals surface area contributed by atoms with Crippen LogP contribution in [0, 0.1) is 0 Å². The van der Waals surface area contributed by atoms with Gasteiger partial charge in [-0.2, -0.15) is 13.2 Å². The molecule has 0 radical (unpaired) electrons. The van der Waals surface area contributed by atoms with Crippen molar-refractivity contribution in [3.8, 4) is 0 Å². The first-order valence-electron chi connectivity index (χ1n) is 10.8. The summed E-state index contributed by atoms with van der Waals surface area (Å²) >= 11 is 0. The van der Waals surface area contributed by atoms with Gasteiger partial charge in [0.25, 0.3) is 0 Å². The van der Waals surface area contributed by atoms with Crippen LogP contribution in [-0.2, 0) is 17.5 Å². The highest BCUT2D eigenvalue weighted by atomic mass is 19.4. The van der Waals surface area contributed by atoms with Crippen molar-refractivity contribution in [3.63, 3.8) is 0 Å². The number of hydrogen-bond acceptors (Lipinski definition) is 4. The van der Waals surface area contributed by atoms with E-state index in [1.165, 1.54) is 18.2 Å². The quantitative estimate of drug-likeness (QED) is 0.114. The molecule has 1 N–H and O–H groups in total. The predicted octanol–water partition coefficient (Wildman–Crippen LogP) is 6.28. The van der Waals surface area contributed by atoms with Crippen LogP contribution < -0.4 is 0 Å². The second-order valence-electron chi connectivity index (χ2n) is 7.87. The molecule has 0 atom stereocenters. The monoisotopic (exact) mass is 468 g/mol. The summed E-state index contributed by atoms with van der Waals surface area (Å²) in [5.41, 5.74) is 1.62. The average molecular weight is 468 g/mol. The summed E-state index contributed by atoms with van der Waals surface area (Å²) in [6, 6.07) is 15.3. The number of hydrogen-bond donors (Lipinski definition) is 1. The van der Waals surface area contributed by atoms with Crippen molar-refractivity contribution in [1.82, 2.24) is 4.57 Å². The summed E-state index contributed by atoms with van der Waals surface area (Å²) in [5, 5.41) is 14.0. The first-order chi connectivity index (χ1) is 16.3. The van der Waals surface area contributed by atoms with Crippen LogP contribution in [0.25, 0.3) is 21.8 Å². The van der Waals surface area contributed by atoms with Crippen LogP contribution in [0.4, 0.5) is 13.2 Å². The Hall–Kier alpha value is -3.65. The Balaban J connectivity index is 1.90. The van der Waals surface area contributed by atoms with E-state index in [0.717, 1.165) is 27.9 Å². The van der Waals surface area contributed by atoms with Crippen molar-refractivity contribution in [2.75, 3.05) is 13.2 Å². The Morgan fingerprint density at radius 2 is 1.62 bits per heavy atom. The third-order valence-corrected chi connectivity index (χ3v) is 5.84. The second-order valence-corrected chi connectivity index (χ2v) is 7.87. The minimum atomic E-state index is -4.64. The van der Waals surface area contributed by atoms with Gasteiger partial charge in [-0.25, -0.2) is 0 Å². The van der Waals surface area contributed by atoms with Gasteiger partial charge in [-0.05, 0) is 55.8 Å². The number of benzene rings is 3. The zero-order valence-corrected chi connectivity index (χ0v) is 18.7. The summed E-state index contributed by atoms with van der Waals surface area (Å²) in [7, 11) is 0. The number of alkyl halides is 3. The maximum absolute atomic E-state index is 13.5. The molecule has 0 fully saturated rings. The smallest absolute Gasteiger partial charge is 0.411 e. The number of carbonyl (C=O) groups is 1. The molecule has 0 unspecified atom stereocenters. The van der Waals surface area contributed by atoms with Crippen LogP contribution in [0.2, 0.25) is 0 Å². The van der Waals surface area contributed by atoms with Gasteiger partial charge in [0.15, 0.2) is 5.78 Å². The number of ether oxygens (including phenoxy) is 1. The molecule has 0 saturated heterocycles. The van der Waals surface area contributed by atoms with Gasteiger partial charge in [0.2, 0.25) is 0 Å². The van der Waals surface area contributed by atoms with Crippen LogP contribution >= 0.6 is 0 Å². The van der Waals surface area contributed by atoms with Gasteiger partial charge < -0.3 is 14.5 Å². The lowest BCUT2D eigenvalue weighted by atomic mass is 9.96. The first kappa shape index (κ1) is 23.5. The van der Waals surface area contributed by atoms with Gasteiger partial charge >= 0.3 is 6.18 Å². The van der Waals surface area contributed by atoms with E-state index in [4.69, 9.17) is 4.74 Å². The summed E-state index contributed by atoms with van der Waals surface area (Å²) < 4.78 is 48.0. The largest absolute Gasteiger partial charge is 0.417 e. The van der Waals surface area contributed by atoms with Crippen LogP contribution in [0.1, 0.15) is 40.9 Å². The lowest BCUT2D eigenvalue weighted by Crippen LogP contribution is -2.13. The van der Waals surface area contributed by atoms with Gasteiger partial charge in [-0.3, -0.25) is 4.79 Å². The van der Waals surface area contributed by atoms with Crippen LogP contribution in [0.3, 0.4) is 0 Å². The Morgan fingerprint density at radius 3 is 2.24 bits per heavy atom. The third-order valence-electron chi connectivity index (χ3n) is 5.84. The molecule has 0 spiro atoms. The molecule has 0 aliphatic rings. The predicted molar refractivity (Wildman–Crippen MR) is 125 cm³/mol. The van der Waals surface area contributed by atoms with Crippen molar-refractivity contribution in [3.05, 3.63) is 82.9 Å². The lowest BCUT2D eigenvalue weighted by Gasteiger charge is -2.12. The van der Waals surface area contributed by atoms with E-state index in [1.807, 2.05) is 29.7 Å². The summed E-state index contributed by atoms with van der Waals surface area (Å²) in [6.45, 7) is 5.19. The van der Waals surface area contributed by atoms with E-state index in [0.29, 0.717) is 31.0 Å². The average Bonchev–Trinajstić information content (AvgIpc) is 3.15.